The molecular formula is C33H58N6O4. The molecule has 0 aliphatic rings. The first-order valence-electron chi connectivity index (χ1n) is 15.7. The van der Waals surface area contributed by atoms with E-state index in [1.165, 1.54) is 5.56 Å². The van der Waals surface area contributed by atoms with Gasteiger partial charge in [0.15, 0.2) is 11.5 Å². The summed E-state index contributed by atoms with van der Waals surface area (Å²) in [5, 5.41) is 11.4. The van der Waals surface area contributed by atoms with Gasteiger partial charge in [-0.25, -0.2) is 0 Å². The van der Waals surface area contributed by atoms with Crippen molar-refractivity contribution in [3.63, 3.8) is 0 Å². The highest BCUT2D eigenvalue weighted by Gasteiger charge is 2.30. The van der Waals surface area contributed by atoms with Crippen molar-refractivity contribution in [1.82, 2.24) is 20.3 Å². The maximum atomic E-state index is 13.3. The number of hydrogen-bond donors (Lipinski definition) is 3. The van der Waals surface area contributed by atoms with Gasteiger partial charge in [-0.15, -0.1) is 5.10 Å². The van der Waals surface area contributed by atoms with Crippen molar-refractivity contribution in [3.8, 4) is 11.5 Å². The summed E-state index contributed by atoms with van der Waals surface area (Å²) in [6.07, 6.45) is 4.88. The Balaban J connectivity index is 1.99. The molecule has 10 heteroatoms. The highest BCUT2D eigenvalue weighted by Crippen LogP contribution is 2.31. The first kappa shape index (κ1) is 36.5. The summed E-state index contributed by atoms with van der Waals surface area (Å²) in [5.41, 5.74) is 15.3. The van der Waals surface area contributed by atoms with Crippen LogP contribution in [0.25, 0.3) is 0 Å². The highest BCUT2D eigenvalue weighted by molar-refractivity contribution is 5.79. The van der Waals surface area contributed by atoms with Gasteiger partial charge >= 0.3 is 0 Å². The van der Waals surface area contributed by atoms with Crippen LogP contribution in [0.2, 0.25) is 0 Å². The predicted octanol–water partition coefficient (Wildman–Crippen LogP) is 4.37. The van der Waals surface area contributed by atoms with Crippen molar-refractivity contribution >= 4 is 5.91 Å². The smallest absolute Gasteiger partial charge is 0.223 e. The minimum Gasteiger partial charge on any atom is -0.493 e. The van der Waals surface area contributed by atoms with E-state index in [0.29, 0.717) is 44.6 Å². The van der Waals surface area contributed by atoms with Gasteiger partial charge in [0.25, 0.3) is 0 Å². The minimum atomic E-state index is -0.291. The SMILES string of the molecule is COCCCOc1cc(C[C@@H](C[C@H](N)[C@@H](N)C[C@H](C(=O)NCC(C)(C)Cn2cc(C)nn2)C(C)C)C(C)C)ccc1OC. The van der Waals surface area contributed by atoms with Crippen LogP contribution in [0.5, 0.6) is 11.5 Å². The molecule has 1 amide bonds. The quantitative estimate of drug-likeness (QED) is 0.190. The lowest BCUT2D eigenvalue weighted by Crippen LogP contribution is -2.48. The zero-order valence-electron chi connectivity index (χ0n) is 28.1. The van der Waals surface area contributed by atoms with Crippen LogP contribution in [0.4, 0.5) is 0 Å². The summed E-state index contributed by atoms with van der Waals surface area (Å²) < 4.78 is 18.5. The fourth-order valence-electron chi connectivity index (χ4n) is 5.34. The zero-order valence-corrected chi connectivity index (χ0v) is 28.1. The normalized spacial score (nSPS) is 14.9. The summed E-state index contributed by atoms with van der Waals surface area (Å²) in [5.74, 6) is 2.14. The molecule has 43 heavy (non-hydrogen) atoms. The number of rotatable bonds is 20. The standard InChI is InChI=1S/C33H58N6O4/c1-22(2)26(15-25-11-12-30(42-9)31(16-25)43-14-10-13-41-8)17-28(34)29(35)18-27(23(3)4)32(40)36-20-33(6,7)21-39-19-24(5)37-38-39/h11-12,16,19,22-23,26-29H,10,13-15,17-18,20-21,34-35H2,1-9H3,(H,36,40)/t26-,27-,28-,29-/m0/s1. The number of carbonyl (C=O) groups is 1. The Hall–Kier alpha value is -2.69. The van der Waals surface area contributed by atoms with Gasteiger partial charge in [-0.05, 0) is 61.6 Å². The molecule has 0 saturated heterocycles. The molecule has 244 valence electrons. The second kappa shape index (κ2) is 17.6. The Morgan fingerprint density at radius 3 is 2.30 bits per heavy atom. The van der Waals surface area contributed by atoms with Gasteiger partial charge in [-0.2, -0.15) is 0 Å². The molecule has 4 atom stereocenters. The molecule has 0 fully saturated rings. The first-order chi connectivity index (χ1) is 20.3. The molecule has 0 aliphatic carbocycles. The Bertz CT molecular complexity index is 1100. The van der Waals surface area contributed by atoms with Gasteiger partial charge in [0.2, 0.25) is 5.91 Å². The number of nitrogens with two attached hydrogens (primary N) is 2. The third-order valence-corrected chi connectivity index (χ3v) is 8.20. The molecule has 2 aromatic rings. The van der Waals surface area contributed by atoms with Crippen molar-refractivity contribution in [2.24, 2.45) is 40.6 Å². The van der Waals surface area contributed by atoms with Crippen molar-refractivity contribution in [3.05, 3.63) is 35.7 Å². The number of nitrogens with one attached hydrogen (secondary N) is 1. The molecule has 0 spiro atoms. The van der Waals surface area contributed by atoms with Gasteiger partial charge in [0, 0.05) is 62.8 Å². The third-order valence-electron chi connectivity index (χ3n) is 8.20. The maximum absolute atomic E-state index is 13.3. The van der Waals surface area contributed by atoms with E-state index in [2.05, 4.69) is 69.3 Å². The number of aromatic nitrogens is 3. The number of nitrogens with zero attached hydrogens (tertiary/aromatic N) is 3. The van der Waals surface area contributed by atoms with Gasteiger partial charge < -0.3 is 31.0 Å². The number of amides is 1. The average molecular weight is 603 g/mol. The van der Waals surface area contributed by atoms with E-state index in [1.807, 2.05) is 23.9 Å². The highest BCUT2D eigenvalue weighted by atomic mass is 16.5. The summed E-state index contributed by atoms with van der Waals surface area (Å²) in [4.78, 5) is 13.3. The van der Waals surface area contributed by atoms with Crippen LogP contribution in [-0.2, 0) is 22.5 Å². The lowest BCUT2D eigenvalue weighted by atomic mass is 9.80. The lowest BCUT2D eigenvalue weighted by Gasteiger charge is -2.31. The van der Waals surface area contributed by atoms with Crippen LogP contribution in [0.15, 0.2) is 24.4 Å². The van der Waals surface area contributed by atoms with Gasteiger partial charge in [0.1, 0.15) is 0 Å². The summed E-state index contributed by atoms with van der Waals surface area (Å²) in [7, 11) is 3.34. The molecular weight excluding hydrogens is 544 g/mol. The number of ether oxygens (including phenoxy) is 3. The molecule has 10 nitrogen and oxygen atoms in total. The molecule has 0 aliphatic heterocycles. The molecule has 0 unspecified atom stereocenters. The third kappa shape index (κ3) is 12.4. The molecule has 0 radical (unpaired) electrons. The van der Waals surface area contributed by atoms with Gasteiger partial charge in [-0.3, -0.25) is 9.48 Å². The van der Waals surface area contributed by atoms with Crippen molar-refractivity contribution in [1.29, 1.82) is 0 Å². The van der Waals surface area contributed by atoms with E-state index in [9.17, 15) is 4.79 Å². The molecule has 1 heterocycles. The van der Waals surface area contributed by atoms with Crippen LogP contribution in [-0.4, -0.2) is 67.0 Å². The summed E-state index contributed by atoms with van der Waals surface area (Å²) in [6, 6.07) is 5.60. The summed E-state index contributed by atoms with van der Waals surface area (Å²) >= 11 is 0. The second-order valence-electron chi connectivity index (χ2n) is 13.5. The molecule has 1 aromatic carbocycles. The largest absolute Gasteiger partial charge is 0.493 e. The topological polar surface area (TPSA) is 140 Å². The van der Waals surface area contributed by atoms with E-state index >= 15 is 0 Å². The van der Waals surface area contributed by atoms with E-state index in [0.717, 1.165) is 36.5 Å². The van der Waals surface area contributed by atoms with Crippen LogP contribution in [0.1, 0.15) is 72.1 Å². The predicted molar refractivity (Wildman–Crippen MR) is 172 cm³/mol. The van der Waals surface area contributed by atoms with E-state index < -0.39 is 0 Å². The van der Waals surface area contributed by atoms with Crippen molar-refractivity contribution in [2.75, 3.05) is 34.0 Å². The number of aryl methyl sites for hydroxylation is 1. The number of hydrogen-bond acceptors (Lipinski definition) is 8. The number of benzene rings is 1. The second-order valence-corrected chi connectivity index (χ2v) is 13.5. The van der Waals surface area contributed by atoms with Crippen molar-refractivity contribution < 1.29 is 19.0 Å². The first-order valence-corrected chi connectivity index (χ1v) is 15.7. The van der Waals surface area contributed by atoms with E-state index in [4.69, 9.17) is 25.7 Å². The zero-order chi connectivity index (χ0) is 32.2. The average Bonchev–Trinajstić information content (AvgIpc) is 3.35. The van der Waals surface area contributed by atoms with E-state index in [1.54, 1.807) is 14.2 Å². The fraction of sp³-hybridized carbons (Fsp3) is 0.727. The van der Waals surface area contributed by atoms with Crippen molar-refractivity contribution in [2.45, 2.75) is 92.8 Å². The monoisotopic (exact) mass is 602 g/mol. The van der Waals surface area contributed by atoms with Crippen LogP contribution in [0, 0.1) is 36.0 Å². The van der Waals surface area contributed by atoms with Gasteiger partial charge in [-0.1, -0.05) is 52.8 Å². The molecule has 2 rings (SSSR count). The lowest BCUT2D eigenvalue weighted by molar-refractivity contribution is -0.127. The molecule has 0 saturated carbocycles. The van der Waals surface area contributed by atoms with E-state index in [-0.39, 0.29) is 35.2 Å². The molecule has 0 bridgehead atoms. The Morgan fingerprint density at radius 1 is 1.02 bits per heavy atom. The molecule has 5 N–H and O–H groups in total. The van der Waals surface area contributed by atoms with Gasteiger partial charge in [0.05, 0.1) is 19.4 Å². The van der Waals surface area contributed by atoms with Crippen LogP contribution >= 0.6 is 0 Å². The number of methoxy groups -OCH3 is 2. The summed E-state index contributed by atoms with van der Waals surface area (Å²) in [6.45, 7) is 17.1. The number of carbonyl (C=O) groups excluding carboxylic acids is 1. The maximum Gasteiger partial charge on any atom is 0.223 e. The minimum absolute atomic E-state index is 0.0252. The Morgan fingerprint density at radius 2 is 1.72 bits per heavy atom. The fourth-order valence-corrected chi connectivity index (χ4v) is 5.34. The Kier molecular flexibility index (Phi) is 14.9. The Labute approximate surface area is 259 Å². The van der Waals surface area contributed by atoms with Crippen LogP contribution < -0.4 is 26.3 Å². The van der Waals surface area contributed by atoms with Crippen LogP contribution in [0.3, 0.4) is 0 Å². The molecule has 1 aromatic heterocycles.